The summed E-state index contributed by atoms with van der Waals surface area (Å²) >= 11 is 6.11. The molecule has 3 heterocycles. The van der Waals surface area contributed by atoms with Crippen LogP contribution in [0.5, 0.6) is 0 Å². The fraction of sp³-hybridized carbons (Fsp3) is 0.286. The SMILES string of the molecule is CCC(C[C@H](C)CN=CC(=C(N)c1ccncc1)c1cnc2ccc(Cl)nc2c1)C(/C=C(/N)NC)=C/N. The molecule has 0 spiro atoms. The Bertz CT molecular complexity index is 1310. The summed E-state index contributed by atoms with van der Waals surface area (Å²) in [5.74, 6) is 1.17. The third-order valence-electron chi connectivity index (χ3n) is 6.19. The van der Waals surface area contributed by atoms with Crippen molar-refractivity contribution in [2.75, 3.05) is 13.6 Å². The first-order valence-corrected chi connectivity index (χ1v) is 12.6. The van der Waals surface area contributed by atoms with E-state index in [1.807, 2.05) is 36.6 Å². The van der Waals surface area contributed by atoms with Crippen LogP contribution in [0.1, 0.15) is 37.8 Å². The Hall–Kier alpha value is -3.91. The van der Waals surface area contributed by atoms with Crippen molar-refractivity contribution < 1.29 is 0 Å². The molecule has 0 aromatic carbocycles. The summed E-state index contributed by atoms with van der Waals surface area (Å²) in [4.78, 5) is 17.8. The van der Waals surface area contributed by atoms with Gasteiger partial charge in [0.15, 0.2) is 0 Å². The number of nitrogens with one attached hydrogen (secondary N) is 1. The molecule has 0 bridgehead atoms. The van der Waals surface area contributed by atoms with Crippen LogP contribution in [-0.4, -0.2) is 34.8 Å². The summed E-state index contributed by atoms with van der Waals surface area (Å²) in [6.45, 7) is 4.95. The normalized spacial score (nSPS) is 15.0. The fourth-order valence-electron chi connectivity index (χ4n) is 4.09. The van der Waals surface area contributed by atoms with Gasteiger partial charge in [0.1, 0.15) is 5.15 Å². The van der Waals surface area contributed by atoms with E-state index in [0.29, 0.717) is 34.7 Å². The zero-order chi connectivity index (χ0) is 26.8. The van der Waals surface area contributed by atoms with Gasteiger partial charge in [0.25, 0.3) is 0 Å². The van der Waals surface area contributed by atoms with E-state index in [1.165, 1.54) is 0 Å². The van der Waals surface area contributed by atoms with E-state index in [2.05, 4.69) is 34.1 Å². The first-order valence-electron chi connectivity index (χ1n) is 12.3. The summed E-state index contributed by atoms with van der Waals surface area (Å²) in [7, 11) is 1.79. The molecule has 8 nitrogen and oxygen atoms in total. The van der Waals surface area contributed by atoms with Crippen LogP contribution in [0.15, 0.2) is 77.6 Å². The topological polar surface area (TPSA) is 141 Å². The van der Waals surface area contributed by atoms with Gasteiger partial charge in [0.05, 0.1) is 16.9 Å². The van der Waals surface area contributed by atoms with E-state index in [0.717, 1.165) is 40.6 Å². The second-order valence-electron chi connectivity index (χ2n) is 8.92. The maximum Gasteiger partial charge on any atom is 0.129 e. The average Bonchev–Trinajstić information content (AvgIpc) is 2.92. The second-order valence-corrected chi connectivity index (χ2v) is 9.30. The number of halogens is 1. The van der Waals surface area contributed by atoms with Crippen LogP contribution in [0.25, 0.3) is 22.3 Å². The maximum absolute atomic E-state index is 6.62. The number of allylic oxidation sites excluding steroid dienone is 3. The van der Waals surface area contributed by atoms with Crippen LogP contribution in [0.2, 0.25) is 5.15 Å². The Kier molecular flexibility index (Phi) is 10.0. The molecule has 0 saturated carbocycles. The van der Waals surface area contributed by atoms with Gasteiger partial charge in [-0.15, -0.1) is 0 Å². The molecule has 7 N–H and O–H groups in total. The molecule has 9 heteroatoms. The van der Waals surface area contributed by atoms with E-state index in [4.69, 9.17) is 33.8 Å². The molecule has 194 valence electrons. The molecule has 0 fully saturated rings. The Balaban J connectivity index is 1.87. The molecule has 3 aromatic heterocycles. The molecule has 3 rings (SSSR count). The lowest BCUT2D eigenvalue weighted by Gasteiger charge is -2.20. The Morgan fingerprint density at radius 3 is 2.57 bits per heavy atom. The van der Waals surface area contributed by atoms with Crippen LogP contribution in [-0.2, 0) is 0 Å². The second kappa shape index (κ2) is 13.4. The zero-order valence-corrected chi connectivity index (χ0v) is 22.3. The van der Waals surface area contributed by atoms with Gasteiger partial charge in [0.2, 0.25) is 0 Å². The third kappa shape index (κ3) is 7.54. The van der Waals surface area contributed by atoms with E-state index >= 15 is 0 Å². The van der Waals surface area contributed by atoms with Crippen LogP contribution in [0.3, 0.4) is 0 Å². The maximum atomic E-state index is 6.62. The predicted molar refractivity (Wildman–Crippen MR) is 154 cm³/mol. The minimum absolute atomic E-state index is 0.277. The number of fused-ring (bicyclic) bond motifs is 1. The molecule has 3 aromatic rings. The van der Waals surface area contributed by atoms with Crippen molar-refractivity contribution in [1.29, 1.82) is 0 Å². The smallest absolute Gasteiger partial charge is 0.129 e. The molecule has 0 amide bonds. The number of nitrogens with two attached hydrogens (primary N) is 3. The quantitative estimate of drug-likeness (QED) is 0.166. The number of nitrogens with zero attached hydrogens (tertiary/aromatic N) is 4. The lowest BCUT2D eigenvalue weighted by molar-refractivity contribution is 0.434. The molecule has 0 saturated heterocycles. The van der Waals surface area contributed by atoms with E-state index in [1.54, 1.807) is 37.9 Å². The van der Waals surface area contributed by atoms with Gasteiger partial charge in [-0.2, -0.15) is 0 Å². The predicted octanol–water partition coefficient (Wildman–Crippen LogP) is 4.49. The number of rotatable bonds is 11. The van der Waals surface area contributed by atoms with Crippen molar-refractivity contribution in [3.05, 3.63) is 88.9 Å². The van der Waals surface area contributed by atoms with Gasteiger partial charge in [0, 0.05) is 60.8 Å². The van der Waals surface area contributed by atoms with Crippen molar-refractivity contribution in [3.8, 4) is 0 Å². The lowest BCUT2D eigenvalue weighted by atomic mass is 9.87. The summed E-state index contributed by atoms with van der Waals surface area (Å²) in [5, 5.41) is 3.35. The summed E-state index contributed by atoms with van der Waals surface area (Å²) in [6, 6.07) is 9.22. The highest BCUT2D eigenvalue weighted by atomic mass is 35.5. The first-order chi connectivity index (χ1) is 17.9. The number of hydrogen-bond acceptors (Lipinski definition) is 8. The van der Waals surface area contributed by atoms with Gasteiger partial charge in [-0.25, -0.2) is 4.98 Å². The van der Waals surface area contributed by atoms with Crippen molar-refractivity contribution in [1.82, 2.24) is 20.3 Å². The van der Waals surface area contributed by atoms with Gasteiger partial charge in [-0.3, -0.25) is 15.0 Å². The first kappa shape index (κ1) is 27.7. The number of aliphatic imine (C=N–C) groups is 1. The Morgan fingerprint density at radius 2 is 1.89 bits per heavy atom. The minimum atomic E-state index is 0.277. The standard InChI is InChI=1S/C28H35ClN8/c1-4-19(21(14-30)13-27(31)33-3)11-18(2)15-35-17-23(28(32)20-7-9-34-10-8-20)22-12-25-24(36-16-22)5-6-26(29)37-25/h5-10,12-14,16-19,33H,4,11,15,30-32H2,1-3H3/b21-14+,27-13-,28-23?,35-17?/t18-,19?/m0/s1. The van der Waals surface area contributed by atoms with Gasteiger partial charge in [-0.1, -0.05) is 25.4 Å². The molecule has 2 atom stereocenters. The van der Waals surface area contributed by atoms with Crippen molar-refractivity contribution in [3.63, 3.8) is 0 Å². The van der Waals surface area contributed by atoms with Gasteiger partial charge < -0.3 is 22.5 Å². The van der Waals surface area contributed by atoms with E-state index in [9.17, 15) is 0 Å². The molecule has 37 heavy (non-hydrogen) atoms. The highest BCUT2D eigenvalue weighted by Gasteiger charge is 2.15. The number of pyridine rings is 3. The fourth-order valence-corrected chi connectivity index (χ4v) is 4.25. The van der Waals surface area contributed by atoms with Crippen molar-refractivity contribution >= 4 is 40.1 Å². The highest BCUT2D eigenvalue weighted by molar-refractivity contribution is 6.29. The molecular weight excluding hydrogens is 484 g/mol. The van der Waals surface area contributed by atoms with Crippen LogP contribution in [0.4, 0.5) is 0 Å². The molecule has 0 aliphatic carbocycles. The van der Waals surface area contributed by atoms with E-state index in [-0.39, 0.29) is 5.92 Å². The van der Waals surface area contributed by atoms with Crippen LogP contribution in [0, 0.1) is 11.8 Å². The lowest BCUT2D eigenvalue weighted by Crippen LogP contribution is -2.17. The number of aromatic nitrogens is 3. The van der Waals surface area contributed by atoms with Crippen molar-refractivity contribution in [2.24, 2.45) is 34.0 Å². The zero-order valence-electron chi connectivity index (χ0n) is 21.5. The monoisotopic (exact) mass is 518 g/mol. The summed E-state index contributed by atoms with van der Waals surface area (Å²) < 4.78 is 0. The molecule has 0 aliphatic heterocycles. The van der Waals surface area contributed by atoms with Crippen LogP contribution >= 0.6 is 11.6 Å². The average molecular weight is 519 g/mol. The molecular formula is C28H35ClN8. The highest BCUT2D eigenvalue weighted by Crippen LogP contribution is 2.26. The largest absolute Gasteiger partial charge is 0.404 e. The third-order valence-corrected chi connectivity index (χ3v) is 6.40. The molecule has 1 unspecified atom stereocenters. The number of hydrogen-bond donors (Lipinski definition) is 4. The minimum Gasteiger partial charge on any atom is -0.404 e. The van der Waals surface area contributed by atoms with Gasteiger partial charge >= 0.3 is 0 Å². The summed E-state index contributed by atoms with van der Waals surface area (Å²) in [5.41, 5.74) is 23.9. The Labute approximate surface area is 223 Å². The van der Waals surface area contributed by atoms with Gasteiger partial charge in [-0.05, 0) is 72.9 Å². The van der Waals surface area contributed by atoms with E-state index < -0.39 is 0 Å². The Morgan fingerprint density at radius 1 is 1.14 bits per heavy atom. The molecule has 0 radical (unpaired) electrons. The molecule has 0 aliphatic rings. The summed E-state index contributed by atoms with van der Waals surface area (Å²) in [6.07, 6.45) is 12.4. The van der Waals surface area contributed by atoms with Crippen LogP contribution < -0.4 is 22.5 Å². The van der Waals surface area contributed by atoms with Crippen molar-refractivity contribution in [2.45, 2.75) is 26.7 Å².